The van der Waals surface area contributed by atoms with E-state index in [0.717, 1.165) is 38.4 Å². The monoisotopic (exact) mass is 374 g/mol. The molecule has 0 saturated heterocycles. The van der Waals surface area contributed by atoms with Gasteiger partial charge in [0.25, 0.3) is 5.91 Å². The zero-order valence-corrected chi connectivity index (χ0v) is 15.8. The number of rotatable bonds is 4. The lowest BCUT2D eigenvalue weighted by atomic mass is 10.1. The molecule has 4 aromatic rings. The van der Waals surface area contributed by atoms with Gasteiger partial charge in [0.2, 0.25) is 0 Å². The summed E-state index contributed by atoms with van der Waals surface area (Å²) in [5, 5.41) is 4.73. The van der Waals surface area contributed by atoms with E-state index in [4.69, 9.17) is 0 Å². The van der Waals surface area contributed by atoms with Crippen LogP contribution in [0.2, 0.25) is 0 Å². The SMILES string of the molecule is Cc1cc(C=O)c(C)n1-c1sc2ccccc2c1C(=O)Nc1ccccc1. The highest BCUT2D eigenvalue weighted by Gasteiger charge is 2.23. The topological polar surface area (TPSA) is 51.1 Å². The molecule has 2 aromatic heterocycles. The molecule has 2 heterocycles. The number of aldehydes is 1. The molecule has 0 radical (unpaired) electrons. The molecule has 1 amide bonds. The van der Waals surface area contributed by atoms with Crippen LogP contribution in [0.25, 0.3) is 15.1 Å². The summed E-state index contributed by atoms with van der Waals surface area (Å²) in [7, 11) is 0. The van der Waals surface area contributed by atoms with Gasteiger partial charge in [-0.3, -0.25) is 9.59 Å². The molecule has 134 valence electrons. The van der Waals surface area contributed by atoms with Crippen molar-refractivity contribution in [2.24, 2.45) is 0 Å². The van der Waals surface area contributed by atoms with Crippen molar-refractivity contribution in [3.63, 3.8) is 0 Å². The van der Waals surface area contributed by atoms with Crippen LogP contribution >= 0.6 is 11.3 Å². The first-order valence-corrected chi connectivity index (χ1v) is 9.44. The Morgan fingerprint density at radius 2 is 1.74 bits per heavy atom. The molecule has 0 aliphatic rings. The number of aromatic nitrogens is 1. The van der Waals surface area contributed by atoms with Crippen LogP contribution in [0.5, 0.6) is 0 Å². The predicted molar refractivity (Wildman–Crippen MR) is 110 cm³/mol. The number of hydrogen-bond acceptors (Lipinski definition) is 3. The molecule has 0 saturated carbocycles. The highest BCUT2D eigenvalue weighted by molar-refractivity contribution is 7.22. The van der Waals surface area contributed by atoms with Crippen molar-refractivity contribution in [3.05, 3.63) is 83.2 Å². The largest absolute Gasteiger partial charge is 0.322 e. The minimum Gasteiger partial charge on any atom is -0.322 e. The van der Waals surface area contributed by atoms with Crippen molar-refractivity contribution in [1.82, 2.24) is 4.57 Å². The lowest BCUT2D eigenvalue weighted by molar-refractivity contribution is 0.102. The Kier molecular flexibility index (Phi) is 4.38. The Morgan fingerprint density at radius 3 is 2.44 bits per heavy atom. The highest BCUT2D eigenvalue weighted by Crippen LogP contribution is 2.36. The summed E-state index contributed by atoms with van der Waals surface area (Å²) in [5.74, 6) is -0.159. The Labute approximate surface area is 161 Å². The minimum atomic E-state index is -0.159. The maximum absolute atomic E-state index is 13.2. The third-order valence-electron chi connectivity index (χ3n) is 4.64. The summed E-state index contributed by atoms with van der Waals surface area (Å²) in [6.45, 7) is 3.85. The summed E-state index contributed by atoms with van der Waals surface area (Å²) in [5.41, 5.74) is 3.77. The van der Waals surface area contributed by atoms with Gasteiger partial charge in [-0.15, -0.1) is 11.3 Å². The van der Waals surface area contributed by atoms with Gasteiger partial charge in [0.05, 0.1) is 5.56 Å². The Hall–Kier alpha value is -3.18. The van der Waals surface area contributed by atoms with Gasteiger partial charge in [-0.1, -0.05) is 36.4 Å². The number of hydrogen-bond donors (Lipinski definition) is 1. The summed E-state index contributed by atoms with van der Waals surface area (Å²) < 4.78 is 3.03. The number of thiophene rings is 1. The number of nitrogens with one attached hydrogen (secondary N) is 1. The number of amides is 1. The third kappa shape index (κ3) is 2.96. The van der Waals surface area contributed by atoms with Crippen LogP contribution in [0.15, 0.2) is 60.7 Å². The van der Waals surface area contributed by atoms with Gasteiger partial charge in [0, 0.05) is 32.7 Å². The van der Waals surface area contributed by atoms with Crippen molar-refractivity contribution in [1.29, 1.82) is 0 Å². The first kappa shape index (κ1) is 17.2. The number of carbonyl (C=O) groups excluding carboxylic acids is 2. The molecule has 0 bridgehead atoms. The summed E-state index contributed by atoms with van der Waals surface area (Å²) in [4.78, 5) is 24.6. The molecule has 27 heavy (non-hydrogen) atoms. The van der Waals surface area contributed by atoms with Gasteiger partial charge < -0.3 is 9.88 Å². The van der Waals surface area contributed by atoms with Crippen molar-refractivity contribution in [3.8, 4) is 5.00 Å². The standard InChI is InChI=1S/C22H18N2O2S/c1-14-12-16(13-25)15(2)24(14)22-20(18-10-6-7-11-19(18)27-22)21(26)23-17-8-4-3-5-9-17/h3-13H,1-2H3,(H,23,26). The lowest BCUT2D eigenvalue weighted by Gasteiger charge is -2.11. The summed E-state index contributed by atoms with van der Waals surface area (Å²) in [6.07, 6.45) is 0.857. The van der Waals surface area contributed by atoms with E-state index >= 15 is 0 Å². The van der Waals surface area contributed by atoms with Gasteiger partial charge in [-0.25, -0.2) is 0 Å². The fourth-order valence-corrected chi connectivity index (χ4v) is 4.66. The number of carbonyl (C=O) groups is 2. The Morgan fingerprint density at radius 1 is 1.04 bits per heavy atom. The van der Waals surface area contributed by atoms with Crippen LogP contribution in [0.4, 0.5) is 5.69 Å². The molecule has 0 spiro atoms. The predicted octanol–water partition coefficient (Wildman–Crippen LogP) is 5.37. The molecular weight excluding hydrogens is 356 g/mol. The smallest absolute Gasteiger partial charge is 0.259 e. The molecule has 4 nitrogen and oxygen atoms in total. The van der Waals surface area contributed by atoms with E-state index in [1.807, 2.05) is 79.1 Å². The van der Waals surface area contributed by atoms with E-state index in [2.05, 4.69) is 5.32 Å². The van der Waals surface area contributed by atoms with E-state index in [1.165, 1.54) is 0 Å². The molecule has 0 unspecified atom stereocenters. The van der Waals surface area contributed by atoms with Gasteiger partial charge in [-0.05, 0) is 38.1 Å². The van der Waals surface area contributed by atoms with Crippen LogP contribution < -0.4 is 5.32 Å². The zero-order valence-electron chi connectivity index (χ0n) is 15.0. The molecule has 5 heteroatoms. The normalized spacial score (nSPS) is 10.9. The van der Waals surface area contributed by atoms with Crippen molar-refractivity contribution in [2.45, 2.75) is 13.8 Å². The average Bonchev–Trinajstić information content (AvgIpc) is 3.18. The fraction of sp³-hybridized carbons (Fsp3) is 0.0909. The van der Waals surface area contributed by atoms with Gasteiger partial charge in [-0.2, -0.15) is 0 Å². The first-order valence-electron chi connectivity index (χ1n) is 8.62. The second-order valence-corrected chi connectivity index (χ2v) is 7.41. The minimum absolute atomic E-state index is 0.159. The molecule has 2 aromatic carbocycles. The fourth-order valence-electron chi connectivity index (χ4n) is 3.34. The molecule has 4 rings (SSSR count). The van der Waals surface area contributed by atoms with Crippen LogP contribution in [0, 0.1) is 13.8 Å². The molecular formula is C22H18N2O2S. The number of nitrogens with zero attached hydrogens (tertiary/aromatic N) is 1. The van der Waals surface area contributed by atoms with E-state index < -0.39 is 0 Å². The molecule has 0 aliphatic carbocycles. The molecule has 0 fully saturated rings. The van der Waals surface area contributed by atoms with Gasteiger partial charge in [0.1, 0.15) is 5.00 Å². The Balaban J connectivity index is 1.92. The number of anilines is 1. The quantitative estimate of drug-likeness (QED) is 0.488. The highest BCUT2D eigenvalue weighted by atomic mass is 32.1. The number of benzene rings is 2. The van der Waals surface area contributed by atoms with E-state index in [1.54, 1.807) is 11.3 Å². The zero-order chi connectivity index (χ0) is 19.0. The molecule has 1 N–H and O–H groups in total. The maximum Gasteiger partial charge on any atom is 0.259 e. The van der Waals surface area contributed by atoms with E-state index in [-0.39, 0.29) is 5.91 Å². The number of para-hydroxylation sites is 1. The van der Waals surface area contributed by atoms with Crippen molar-refractivity contribution >= 4 is 39.3 Å². The molecule has 0 aliphatic heterocycles. The van der Waals surface area contributed by atoms with Crippen LogP contribution in [-0.4, -0.2) is 16.8 Å². The van der Waals surface area contributed by atoms with E-state index in [0.29, 0.717) is 11.1 Å². The van der Waals surface area contributed by atoms with Crippen molar-refractivity contribution in [2.75, 3.05) is 5.32 Å². The van der Waals surface area contributed by atoms with Gasteiger partial charge in [0.15, 0.2) is 6.29 Å². The second-order valence-electron chi connectivity index (χ2n) is 6.38. The second kappa shape index (κ2) is 6.85. The number of fused-ring (bicyclic) bond motifs is 1. The summed E-state index contributed by atoms with van der Waals surface area (Å²) in [6, 6.07) is 19.1. The first-order chi connectivity index (χ1) is 13.1. The van der Waals surface area contributed by atoms with E-state index in [9.17, 15) is 9.59 Å². The average molecular weight is 374 g/mol. The summed E-state index contributed by atoms with van der Waals surface area (Å²) >= 11 is 1.55. The van der Waals surface area contributed by atoms with Crippen LogP contribution in [-0.2, 0) is 0 Å². The lowest BCUT2D eigenvalue weighted by Crippen LogP contribution is -2.14. The van der Waals surface area contributed by atoms with Gasteiger partial charge >= 0.3 is 0 Å². The van der Waals surface area contributed by atoms with Crippen molar-refractivity contribution < 1.29 is 9.59 Å². The van der Waals surface area contributed by atoms with Crippen LogP contribution in [0.3, 0.4) is 0 Å². The van der Waals surface area contributed by atoms with Crippen LogP contribution in [0.1, 0.15) is 32.1 Å². The number of aryl methyl sites for hydroxylation is 1. The maximum atomic E-state index is 13.2. The molecule has 0 atom stereocenters. The Bertz CT molecular complexity index is 1160. The third-order valence-corrected chi connectivity index (χ3v) is 5.79.